The first kappa shape index (κ1) is 20.3. The fourth-order valence-electron chi connectivity index (χ4n) is 2.90. The van der Waals surface area contributed by atoms with E-state index in [9.17, 15) is 4.79 Å². The number of hydrogen-bond donors (Lipinski definition) is 2. The van der Waals surface area contributed by atoms with Crippen LogP contribution in [0.1, 0.15) is 23.8 Å². The third-order valence-electron chi connectivity index (χ3n) is 4.18. The number of fused-ring (bicyclic) bond motifs is 1. The van der Waals surface area contributed by atoms with Gasteiger partial charge in [-0.1, -0.05) is 24.3 Å². The molecule has 2 N–H and O–H groups in total. The molecule has 1 aliphatic rings. The quantitative estimate of drug-likeness (QED) is 0.402. The molecule has 0 saturated carbocycles. The molecule has 3 rings (SSSR count). The zero-order valence-corrected chi connectivity index (χ0v) is 17.2. The summed E-state index contributed by atoms with van der Waals surface area (Å²) in [4.78, 5) is 18.7. The summed E-state index contributed by atoms with van der Waals surface area (Å²) in [7, 11) is 0. The van der Waals surface area contributed by atoms with E-state index in [4.69, 9.17) is 4.42 Å². The second-order valence-electron chi connectivity index (χ2n) is 5.97. The molecule has 0 bridgehead atoms. The molecule has 140 valence electrons. The van der Waals surface area contributed by atoms with E-state index >= 15 is 0 Å². The van der Waals surface area contributed by atoms with Gasteiger partial charge in [-0.15, -0.1) is 24.0 Å². The van der Waals surface area contributed by atoms with Crippen LogP contribution >= 0.6 is 24.0 Å². The number of rotatable bonds is 5. The summed E-state index contributed by atoms with van der Waals surface area (Å²) in [5.74, 6) is 1.39. The van der Waals surface area contributed by atoms with E-state index in [1.165, 1.54) is 11.1 Å². The van der Waals surface area contributed by atoms with Gasteiger partial charge in [-0.3, -0.25) is 4.79 Å². The van der Waals surface area contributed by atoms with E-state index in [1.54, 1.807) is 12.3 Å². The molecular weight excluding hydrogens is 443 g/mol. The molecule has 0 unspecified atom stereocenters. The Kier molecular flexibility index (Phi) is 7.96. The number of carbonyl (C=O) groups excluding carboxylic acids is 1. The minimum absolute atomic E-state index is 0. The van der Waals surface area contributed by atoms with Crippen molar-refractivity contribution < 1.29 is 9.21 Å². The van der Waals surface area contributed by atoms with Gasteiger partial charge in [0.15, 0.2) is 5.96 Å². The number of halogens is 1. The molecule has 2 aromatic rings. The lowest BCUT2D eigenvalue weighted by Crippen LogP contribution is -2.44. The van der Waals surface area contributed by atoms with Gasteiger partial charge in [0.2, 0.25) is 5.91 Å². The number of aliphatic imine (C=N–C) groups is 1. The summed E-state index contributed by atoms with van der Waals surface area (Å²) < 4.78 is 5.21. The Labute approximate surface area is 171 Å². The number of nitrogens with zero attached hydrogens (tertiary/aromatic N) is 2. The fraction of sp³-hybridized carbons (Fsp3) is 0.368. The zero-order chi connectivity index (χ0) is 17.5. The first-order chi connectivity index (χ1) is 12.3. The van der Waals surface area contributed by atoms with Crippen LogP contribution < -0.4 is 10.6 Å². The summed E-state index contributed by atoms with van der Waals surface area (Å²) >= 11 is 0. The van der Waals surface area contributed by atoms with Crippen molar-refractivity contribution >= 4 is 35.8 Å². The molecule has 0 atom stereocenters. The molecule has 7 heteroatoms. The molecule has 0 aliphatic carbocycles. The van der Waals surface area contributed by atoms with E-state index in [1.807, 2.05) is 13.0 Å². The summed E-state index contributed by atoms with van der Waals surface area (Å²) in [6.07, 6.45) is 2.59. The van der Waals surface area contributed by atoms with Gasteiger partial charge in [0.05, 0.1) is 12.8 Å². The number of nitrogens with one attached hydrogen (secondary N) is 2. The lowest BCUT2D eigenvalue weighted by Gasteiger charge is -2.31. The van der Waals surface area contributed by atoms with Crippen LogP contribution in [0.15, 0.2) is 52.1 Å². The molecular formula is C19H25IN4O2. The number of hydrogen-bond acceptors (Lipinski definition) is 3. The van der Waals surface area contributed by atoms with Crippen LogP contribution in [-0.4, -0.2) is 36.4 Å². The maximum Gasteiger partial charge on any atom is 0.242 e. The second kappa shape index (κ2) is 10.2. The van der Waals surface area contributed by atoms with Crippen molar-refractivity contribution in [2.24, 2.45) is 4.99 Å². The average molecular weight is 468 g/mol. The molecule has 1 aromatic heterocycles. The summed E-state index contributed by atoms with van der Waals surface area (Å²) in [5, 5.41) is 6.10. The van der Waals surface area contributed by atoms with Gasteiger partial charge in [0, 0.05) is 19.6 Å². The molecule has 0 saturated heterocycles. The number of guanidine groups is 1. The molecule has 0 radical (unpaired) electrons. The molecule has 6 nitrogen and oxygen atoms in total. The summed E-state index contributed by atoms with van der Waals surface area (Å²) in [6.45, 7) is 5.00. The molecule has 1 aromatic carbocycles. The normalized spacial score (nSPS) is 13.6. The number of carbonyl (C=O) groups is 1. The van der Waals surface area contributed by atoms with Crippen LogP contribution in [-0.2, 0) is 24.3 Å². The minimum atomic E-state index is -0.121. The van der Waals surface area contributed by atoms with Crippen molar-refractivity contribution in [1.29, 1.82) is 0 Å². The van der Waals surface area contributed by atoms with E-state index in [2.05, 4.69) is 44.8 Å². The van der Waals surface area contributed by atoms with Crippen LogP contribution in [0.4, 0.5) is 0 Å². The molecule has 0 fully saturated rings. The molecule has 26 heavy (non-hydrogen) atoms. The van der Waals surface area contributed by atoms with Crippen molar-refractivity contribution in [3.63, 3.8) is 0 Å². The maximum absolute atomic E-state index is 12.0. The van der Waals surface area contributed by atoms with Crippen LogP contribution in [0.3, 0.4) is 0 Å². The molecule has 1 aliphatic heterocycles. The Balaban J connectivity index is 0.00000243. The molecule has 0 spiro atoms. The third-order valence-corrected chi connectivity index (χ3v) is 4.18. The smallest absolute Gasteiger partial charge is 0.242 e. The van der Waals surface area contributed by atoms with Crippen molar-refractivity contribution in [2.45, 2.75) is 26.4 Å². The monoisotopic (exact) mass is 468 g/mol. The maximum atomic E-state index is 12.0. The summed E-state index contributed by atoms with van der Waals surface area (Å²) in [5.41, 5.74) is 2.72. The van der Waals surface area contributed by atoms with Crippen LogP contribution in [0.5, 0.6) is 0 Å². The minimum Gasteiger partial charge on any atom is -0.467 e. The predicted octanol–water partition coefficient (Wildman–Crippen LogP) is 2.54. The van der Waals surface area contributed by atoms with E-state index in [-0.39, 0.29) is 36.4 Å². The predicted molar refractivity (Wildman–Crippen MR) is 113 cm³/mol. The fourth-order valence-corrected chi connectivity index (χ4v) is 2.90. The van der Waals surface area contributed by atoms with Gasteiger partial charge < -0.3 is 20.0 Å². The first-order valence-corrected chi connectivity index (χ1v) is 8.65. The number of benzene rings is 1. The molecule has 1 amide bonds. The highest BCUT2D eigenvalue weighted by Gasteiger charge is 2.18. The van der Waals surface area contributed by atoms with Crippen molar-refractivity contribution in [1.82, 2.24) is 15.5 Å². The first-order valence-electron chi connectivity index (χ1n) is 8.65. The average Bonchev–Trinajstić information content (AvgIpc) is 3.16. The lowest BCUT2D eigenvalue weighted by molar-refractivity contribution is -0.119. The standard InChI is InChI=1S/C19H24N4O2.HI/c1-2-20-19(22-13-18(24)21-12-17-8-5-11-25-17)23-10-9-15-6-3-4-7-16(15)14-23;/h3-8,11H,2,9-10,12-14H2,1H3,(H,20,22)(H,21,24);1H. The third kappa shape index (κ3) is 5.48. The highest BCUT2D eigenvalue weighted by atomic mass is 127. The Bertz CT molecular complexity index is 731. The Morgan fingerprint density at radius 1 is 1.19 bits per heavy atom. The van der Waals surface area contributed by atoms with Gasteiger partial charge in [-0.05, 0) is 36.6 Å². The van der Waals surface area contributed by atoms with Gasteiger partial charge in [0.1, 0.15) is 12.3 Å². The largest absolute Gasteiger partial charge is 0.467 e. The second-order valence-corrected chi connectivity index (χ2v) is 5.97. The van der Waals surface area contributed by atoms with Crippen molar-refractivity contribution in [2.75, 3.05) is 19.6 Å². The topological polar surface area (TPSA) is 69.9 Å². The Hall–Kier alpha value is -2.03. The van der Waals surface area contributed by atoms with Gasteiger partial charge >= 0.3 is 0 Å². The van der Waals surface area contributed by atoms with Crippen molar-refractivity contribution in [3.05, 3.63) is 59.5 Å². The van der Waals surface area contributed by atoms with E-state index < -0.39 is 0 Å². The molecule has 2 heterocycles. The SMILES string of the molecule is CCNC(=NCC(=O)NCc1ccco1)N1CCc2ccccc2C1.I. The van der Waals surface area contributed by atoms with Gasteiger partial charge in [-0.2, -0.15) is 0 Å². The van der Waals surface area contributed by atoms with E-state index in [0.29, 0.717) is 6.54 Å². The van der Waals surface area contributed by atoms with Crippen LogP contribution in [0.2, 0.25) is 0 Å². The number of amides is 1. The van der Waals surface area contributed by atoms with Crippen molar-refractivity contribution in [3.8, 4) is 0 Å². The summed E-state index contributed by atoms with van der Waals surface area (Å²) in [6, 6.07) is 12.1. The highest BCUT2D eigenvalue weighted by molar-refractivity contribution is 14.0. The Morgan fingerprint density at radius 3 is 2.73 bits per heavy atom. The van der Waals surface area contributed by atoms with E-state index in [0.717, 1.165) is 37.8 Å². The zero-order valence-electron chi connectivity index (χ0n) is 14.9. The van der Waals surface area contributed by atoms with Gasteiger partial charge in [-0.25, -0.2) is 4.99 Å². The van der Waals surface area contributed by atoms with Crippen LogP contribution in [0, 0.1) is 0 Å². The van der Waals surface area contributed by atoms with Gasteiger partial charge in [0.25, 0.3) is 0 Å². The van der Waals surface area contributed by atoms with Crippen LogP contribution in [0.25, 0.3) is 0 Å². The number of furan rings is 1. The lowest BCUT2D eigenvalue weighted by atomic mass is 10.0. The highest BCUT2D eigenvalue weighted by Crippen LogP contribution is 2.18. The Morgan fingerprint density at radius 2 is 2.00 bits per heavy atom.